The van der Waals surface area contributed by atoms with Crippen LogP contribution in [0, 0.1) is 5.41 Å². The molecule has 1 N–H and O–H groups in total. The molecular formula is C26H29F5N2O3. The van der Waals surface area contributed by atoms with E-state index >= 15 is 0 Å². The number of piperidine rings is 2. The Morgan fingerprint density at radius 3 is 2.28 bits per heavy atom. The number of nitrogens with zero attached hydrogens (tertiary/aromatic N) is 1. The van der Waals surface area contributed by atoms with Gasteiger partial charge in [0.15, 0.2) is 0 Å². The van der Waals surface area contributed by atoms with Gasteiger partial charge in [-0.05, 0) is 42.9 Å². The third-order valence-corrected chi connectivity index (χ3v) is 7.63. The van der Waals surface area contributed by atoms with E-state index in [0.29, 0.717) is 37.9 Å². The molecule has 2 aliphatic heterocycles. The molecule has 0 unspecified atom stereocenters. The zero-order valence-corrected chi connectivity index (χ0v) is 19.9. The molecule has 0 saturated carbocycles. The lowest BCUT2D eigenvalue weighted by molar-refractivity contribution is -0.271. The summed E-state index contributed by atoms with van der Waals surface area (Å²) in [5.41, 5.74) is -3.12. The number of para-hydroxylation sites is 1. The first-order valence-electron chi connectivity index (χ1n) is 11.9. The monoisotopic (exact) mass is 512 g/mol. The fraction of sp³-hybridized carbons (Fsp3) is 0.500. The quantitative estimate of drug-likeness (QED) is 0.549. The van der Waals surface area contributed by atoms with Gasteiger partial charge in [-0.1, -0.05) is 48.5 Å². The molecule has 1 spiro atoms. The Labute approximate surface area is 206 Å². The fourth-order valence-electron chi connectivity index (χ4n) is 5.76. The first-order valence-corrected chi connectivity index (χ1v) is 11.9. The number of ether oxygens (including phenoxy) is 2. The summed E-state index contributed by atoms with van der Waals surface area (Å²) >= 11 is 0. The molecule has 2 heterocycles. The molecule has 2 aromatic carbocycles. The van der Waals surface area contributed by atoms with Crippen LogP contribution < -0.4 is 10.1 Å². The third-order valence-electron chi connectivity index (χ3n) is 7.63. The molecular weight excluding hydrogens is 483 g/mol. The number of benzene rings is 2. The number of amides is 1. The van der Waals surface area contributed by atoms with Gasteiger partial charge in [-0.15, -0.1) is 0 Å². The Bertz CT molecular complexity index is 1040. The van der Waals surface area contributed by atoms with Crippen LogP contribution in [0.15, 0.2) is 54.6 Å². The van der Waals surface area contributed by atoms with Crippen molar-refractivity contribution in [1.82, 2.24) is 10.2 Å². The summed E-state index contributed by atoms with van der Waals surface area (Å²) < 4.78 is 79.0. The highest BCUT2D eigenvalue weighted by Crippen LogP contribution is 2.51. The van der Waals surface area contributed by atoms with Gasteiger partial charge in [0.25, 0.3) is 11.5 Å². The minimum Gasteiger partial charge on any atom is -0.435 e. The van der Waals surface area contributed by atoms with E-state index in [2.05, 4.69) is 5.32 Å². The van der Waals surface area contributed by atoms with Crippen molar-refractivity contribution in [3.8, 4) is 5.75 Å². The van der Waals surface area contributed by atoms with Crippen molar-refractivity contribution in [2.24, 2.45) is 5.41 Å². The van der Waals surface area contributed by atoms with Gasteiger partial charge in [0.05, 0.1) is 0 Å². The van der Waals surface area contributed by atoms with Crippen LogP contribution in [-0.4, -0.2) is 56.9 Å². The van der Waals surface area contributed by atoms with Crippen LogP contribution in [0.2, 0.25) is 0 Å². The summed E-state index contributed by atoms with van der Waals surface area (Å²) in [4.78, 5) is 14.7. The maximum Gasteiger partial charge on any atom is 0.430 e. The van der Waals surface area contributed by atoms with Crippen molar-refractivity contribution in [3.05, 3.63) is 65.7 Å². The van der Waals surface area contributed by atoms with Gasteiger partial charge in [0.2, 0.25) is 0 Å². The van der Waals surface area contributed by atoms with Gasteiger partial charge in [0.1, 0.15) is 5.75 Å². The molecule has 36 heavy (non-hydrogen) atoms. The van der Waals surface area contributed by atoms with Crippen molar-refractivity contribution in [3.63, 3.8) is 0 Å². The predicted molar refractivity (Wildman–Crippen MR) is 123 cm³/mol. The molecule has 0 radical (unpaired) electrons. The Morgan fingerprint density at radius 1 is 1.03 bits per heavy atom. The van der Waals surface area contributed by atoms with Crippen LogP contribution in [-0.2, 0) is 15.1 Å². The van der Waals surface area contributed by atoms with Crippen LogP contribution in [0.4, 0.5) is 22.0 Å². The van der Waals surface area contributed by atoms with E-state index in [9.17, 15) is 26.7 Å². The number of hydrogen-bond donors (Lipinski definition) is 1. The molecule has 2 aliphatic rings. The Morgan fingerprint density at radius 2 is 1.67 bits per heavy atom. The Hall–Kier alpha value is -2.72. The van der Waals surface area contributed by atoms with Gasteiger partial charge >= 0.3 is 12.8 Å². The summed E-state index contributed by atoms with van der Waals surface area (Å²) in [6.07, 6.45) is -3.41. The van der Waals surface area contributed by atoms with E-state index in [0.717, 1.165) is 7.11 Å². The molecule has 196 valence electrons. The lowest BCUT2D eigenvalue weighted by atomic mass is 9.62. The maximum absolute atomic E-state index is 14.4. The minimum atomic E-state index is -4.97. The zero-order valence-electron chi connectivity index (χ0n) is 19.9. The summed E-state index contributed by atoms with van der Waals surface area (Å²) in [5.74, 6) is -1.24. The van der Waals surface area contributed by atoms with E-state index in [4.69, 9.17) is 9.47 Å². The Balaban J connectivity index is 1.61. The number of nitrogens with one attached hydrogen (secondary N) is 1. The number of halogens is 5. The molecule has 2 saturated heterocycles. The zero-order chi connectivity index (χ0) is 26.0. The smallest absolute Gasteiger partial charge is 0.430 e. The van der Waals surface area contributed by atoms with Gasteiger partial charge in [0, 0.05) is 38.2 Å². The molecule has 5 nitrogen and oxygen atoms in total. The van der Waals surface area contributed by atoms with Crippen molar-refractivity contribution < 1.29 is 36.2 Å². The van der Waals surface area contributed by atoms with E-state index in [1.54, 1.807) is 24.3 Å². The largest absolute Gasteiger partial charge is 0.435 e. The highest BCUT2D eigenvalue weighted by atomic mass is 19.4. The van der Waals surface area contributed by atoms with E-state index in [1.165, 1.54) is 35.2 Å². The molecule has 2 atom stereocenters. The average Bonchev–Trinajstić information content (AvgIpc) is 2.85. The third kappa shape index (κ3) is 4.68. The van der Waals surface area contributed by atoms with Gasteiger partial charge < -0.3 is 19.7 Å². The van der Waals surface area contributed by atoms with Crippen LogP contribution in [0.1, 0.15) is 36.3 Å². The molecule has 0 aliphatic carbocycles. The number of hydrogen-bond acceptors (Lipinski definition) is 4. The minimum absolute atomic E-state index is 0.0960. The highest BCUT2D eigenvalue weighted by Gasteiger charge is 2.64. The predicted octanol–water partition coefficient (Wildman–Crippen LogP) is 5.08. The summed E-state index contributed by atoms with van der Waals surface area (Å²) in [7, 11) is 0.895. The molecule has 10 heteroatoms. The van der Waals surface area contributed by atoms with E-state index < -0.39 is 24.3 Å². The second-order valence-electron chi connectivity index (χ2n) is 9.33. The van der Waals surface area contributed by atoms with Gasteiger partial charge in [-0.3, -0.25) is 4.79 Å². The van der Waals surface area contributed by atoms with E-state index in [-0.39, 0.29) is 35.7 Å². The Kier molecular flexibility index (Phi) is 7.56. The topological polar surface area (TPSA) is 50.8 Å². The van der Waals surface area contributed by atoms with Crippen molar-refractivity contribution >= 4 is 5.91 Å². The molecule has 0 aromatic heterocycles. The fourth-order valence-corrected chi connectivity index (χ4v) is 5.76. The normalized spacial score (nSPS) is 21.9. The van der Waals surface area contributed by atoms with Crippen molar-refractivity contribution in [1.29, 1.82) is 0 Å². The summed E-state index contributed by atoms with van der Waals surface area (Å²) in [5, 5.41) is 3.30. The number of likely N-dealkylation sites (tertiary alicyclic amines) is 1. The van der Waals surface area contributed by atoms with Crippen LogP contribution in [0.3, 0.4) is 0 Å². The number of carbonyl (C=O) groups is 1. The lowest BCUT2D eigenvalue weighted by Crippen LogP contribution is -2.59. The molecule has 2 fully saturated rings. The second kappa shape index (κ2) is 10.3. The number of methoxy groups -OCH3 is 1. The van der Waals surface area contributed by atoms with Crippen molar-refractivity contribution in [2.75, 3.05) is 33.3 Å². The second-order valence-corrected chi connectivity index (χ2v) is 9.33. The number of rotatable bonds is 6. The molecule has 4 rings (SSSR count). The van der Waals surface area contributed by atoms with Crippen LogP contribution in [0.5, 0.6) is 5.75 Å². The molecule has 1 amide bonds. The summed E-state index contributed by atoms with van der Waals surface area (Å²) in [6.45, 7) is -1.56. The number of alkyl halides is 5. The molecule has 2 aromatic rings. The maximum atomic E-state index is 14.4. The standard InChI is InChI=1S/C26H29F5N2O3/c1-35-25(26(29,30)31,18-7-3-2-4-8-18)22(34)33-15-12-24(13-16-33)11-14-32-17-20(24)19-9-5-6-10-21(19)36-23(27)28/h2-10,20,23,32H,11-17H2,1H3/t20-,25-/m1/s1. The lowest BCUT2D eigenvalue weighted by Gasteiger charge is -2.51. The van der Waals surface area contributed by atoms with Crippen molar-refractivity contribution in [2.45, 2.75) is 43.6 Å². The molecule has 0 bridgehead atoms. The SMILES string of the molecule is CO[C@@](C(=O)N1CCC2(CCNC[C@@H]2c2ccccc2OC(F)F)CC1)(c1ccccc1)C(F)(F)F. The number of carbonyl (C=O) groups excluding carboxylic acids is 1. The van der Waals surface area contributed by atoms with Crippen LogP contribution >= 0.6 is 0 Å². The summed E-state index contributed by atoms with van der Waals surface area (Å²) in [6, 6.07) is 13.6. The van der Waals surface area contributed by atoms with Crippen LogP contribution in [0.25, 0.3) is 0 Å². The van der Waals surface area contributed by atoms with E-state index in [1.807, 2.05) is 0 Å². The van der Waals surface area contributed by atoms with Gasteiger partial charge in [-0.2, -0.15) is 22.0 Å². The first kappa shape index (κ1) is 26.3. The first-order chi connectivity index (χ1) is 17.1. The average molecular weight is 513 g/mol. The van der Waals surface area contributed by atoms with Gasteiger partial charge in [-0.25, -0.2) is 0 Å². The highest BCUT2D eigenvalue weighted by molar-refractivity contribution is 5.88.